The monoisotopic (exact) mass is 316 g/mol. The summed E-state index contributed by atoms with van der Waals surface area (Å²) in [6, 6.07) is 13.0. The minimum absolute atomic E-state index is 0.0931. The highest BCUT2D eigenvalue weighted by molar-refractivity contribution is 6.33. The number of ether oxygens (including phenoxy) is 1. The predicted molar refractivity (Wildman–Crippen MR) is 88.6 cm³/mol. The van der Waals surface area contributed by atoms with Gasteiger partial charge in [-0.2, -0.15) is 5.10 Å². The van der Waals surface area contributed by atoms with E-state index in [-0.39, 0.29) is 12.5 Å². The largest absolute Gasteiger partial charge is 0.483 e. The topological polar surface area (TPSA) is 50.7 Å². The molecule has 1 N–H and O–H groups in total. The first-order chi connectivity index (χ1) is 10.6. The lowest BCUT2D eigenvalue weighted by atomic mass is 10.1. The molecule has 0 atom stereocenters. The molecule has 0 aliphatic carbocycles. The van der Waals surface area contributed by atoms with Gasteiger partial charge in [-0.25, -0.2) is 5.43 Å². The van der Waals surface area contributed by atoms with Gasteiger partial charge in [-0.15, -0.1) is 0 Å². The van der Waals surface area contributed by atoms with Crippen LogP contribution in [0.2, 0.25) is 5.02 Å². The van der Waals surface area contributed by atoms with E-state index in [1.165, 1.54) is 6.21 Å². The summed E-state index contributed by atoms with van der Waals surface area (Å²) in [5.74, 6) is 0.370. The summed E-state index contributed by atoms with van der Waals surface area (Å²) in [4.78, 5) is 11.7. The zero-order chi connectivity index (χ0) is 15.9. The van der Waals surface area contributed by atoms with Crippen molar-refractivity contribution in [3.8, 4) is 5.75 Å². The second-order valence-corrected chi connectivity index (χ2v) is 5.21. The number of nitrogens with one attached hydrogen (secondary N) is 1. The maximum Gasteiger partial charge on any atom is 0.277 e. The number of nitrogens with zero attached hydrogens (tertiary/aromatic N) is 1. The van der Waals surface area contributed by atoms with Gasteiger partial charge in [-0.1, -0.05) is 41.9 Å². The van der Waals surface area contributed by atoms with Gasteiger partial charge in [-0.05, 0) is 37.1 Å². The van der Waals surface area contributed by atoms with Crippen LogP contribution in [0.15, 0.2) is 47.6 Å². The van der Waals surface area contributed by atoms with Gasteiger partial charge in [0, 0.05) is 10.6 Å². The summed E-state index contributed by atoms with van der Waals surface area (Å²) in [6.07, 6.45) is 1.50. The lowest BCUT2D eigenvalue weighted by Gasteiger charge is -2.09. The van der Waals surface area contributed by atoms with E-state index in [1.807, 2.05) is 50.2 Å². The second-order valence-electron chi connectivity index (χ2n) is 4.80. The highest BCUT2D eigenvalue weighted by atomic mass is 35.5. The van der Waals surface area contributed by atoms with E-state index in [1.54, 1.807) is 6.07 Å². The number of hydrogen-bond donors (Lipinski definition) is 1. The minimum Gasteiger partial charge on any atom is -0.483 e. The summed E-state index contributed by atoms with van der Waals surface area (Å²) in [7, 11) is 0. The van der Waals surface area contributed by atoms with Gasteiger partial charge in [0.05, 0.1) is 6.21 Å². The quantitative estimate of drug-likeness (QED) is 0.678. The van der Waals surface area contributed by atoms with E-state index in [4.69, 9.17) is 16.3 Å². The van der Waals surface area contributed by atoms with Crippen LogP contribution in [0, 0.1) is 13.8 Å². The van der Waals surface area contributed by atoms with Gasteiger partial charge in [0.15, 0.2) is 6.61 Å². The van der Waals surface area contributed by atoms with Crippen molar-refractivity contribution in [1.29, 1.82) is 0 Å². The molecule has 2 aromatic carbocycles. The molecular formula is C17H17ClN2O2. The van der Waals surface area contributed by atoms with Crippen molar-refractivity contribution in [2.45, 2.75) is 13.8 Å². The molecular weight excluding hydrogens is 300 g/mol. The van der Waals surface area contributed by atoms with Gasteiger partial charge in [0.2, 0.25) is 0 Å². The molecule has 0 bridgehead atoms. The number of benzene rings is 2. The first-order valence-corrected chi connectivity index (χ1v) is 7.21. The number of hydrazone groups is 1. The first-order valence-electron chi connectivity index (χ1n) is 6.83. The lowest BCUT2D eigenvalue weighted by molar-refractivity contribution is -0.123. The van der Waals surface area contributed by atoms with Crippen LogP contribution < -0.4 is 10.2 Å². The number of carbonyl (C=O) groups excluding carboxylic acids is 1. The van der Waals surface area contributed by atoms with Gasteiger partial charge in [0.1, 0.15) is 5.75 Å². The van der Waals surface area contributed by atoms with Crippen LogP contribution in [0.3, 0.4) is 0 Å². The van der Waals surface area contributed by atoms with Crippen molar-refractivity contribution in [2.75, 3.05) is 6.61 Å². The number of halogens is 1. The Kier molecular flexibility index (Phi) is 5.55. The molecule has 0 saturated carbocycles. The molecule has 0 aliphatic rings. The summed E-state index contributed by atoms with van der Waals surface area (Å²) in [6.45, 7) is 3.86. The van der Waals surface area contributed by atoms with E-state index in [2.05, 4.69) is 10.5 Å². The Morgan fingerprint density at radius 3 is 2.77 bits per heavy atom. The summed E-state index contributed by atoms with van der Waals surface area (Å²) in [5, 5.41) is 4.44. The molecule has 5 heteroatoms. The lowest BCUT2D eigenvalue weighted by Crippen LogP contribution is -2.24. The third-order valence-electron chi connectivity index (χ3n) is 3.21. The number of amides is 1. The molecule has 0 unspecified atom stereocenters. The zero-order valence-corrected chi connectivity index (χ0v) is 13.2. The Labute approximate surface area is 134 Å². The molecule has 0 fully saturated rings. The molecule has 0 aliphatic heterocycles. The fourth-order valence-corrected chi connectivity index (χ4v) is 1.99. The minimum atomic E-state index is -0.329. The van der Waals surface area contributed by atoms with Crippen molar-refractivity contribution < 1.29 is 9.53 Å². The SMILES string of the molecule is Cc1cccc(OCC(=O)NN=Cc2ccccc2Cl)c1C. The van der Waals surface area contributed by atoms with Crippen LogP contribution in [-0.2, 0) is 4.79 Å². The molecule has 0 radical (unpaired) electrons. The van der Waals surface area contributed by atoms with Crippen LogP contribution in [0.5, 0.6) is 5.75 Å². The molecule has 0 spiro atoms. The Morgan fingerprint density at radius 2 is 2.00 bits per heavy atom. The van der Waals surface area contributed by atoms with Crippen LogP contribution in [-0.4, -0.2) is 18.7 Å². The van der Waals surface area contributed by atoms with Crippen LogP contribution in [0.4, 0.5) is 0 Å². The van der Waals surface area contributed by atoms with E-state index < -0.39 is 0 Å². The molecule has 0 aromatic heterocycles. The standard InChI is InChI=1S/C17H17ClN2O2/c1-12-6-5-9-16(13(12)2)22-11-17(21)20-19-10-14-7-3-4-8-15(14)18/h3-10H,11H2,1-2H3,(H,20,21). The van der Waals surface area contributed by atoms with Crippen molar-refractivity contribution in [3.63, 3.8) is 0 Å². The Hall–Kier alpha value is -2.33. The molecule has 0 saturated heterocycles. The highest BCUT2D eigenvalue weighted by Crippen LogP contribution is 2.20. The maximum absolute atomic E-state index is 11.7. The van der Waals surface area contributed by atoms with Gasteiger partial charge < -0.3 is 4.74 Å². The molecule has 2 aromatic rings. The van der Waals surface area contributed by atoms with Gasteiger partial charge in [-0.3, -0.25) is 4.79 Å². The fraction of sp³-hybridized carbons (Fsp3) is 0.176. The molecule has 0 heterocycles. The number of carbonyl (C=O) groups is 1. The van der Waals surface area contributed by atoms with E-state index in [0.29, 0.717) is 10.8 Å². The second kappa shape index (κ2) is 7.61. The number of rotatable bonds is 5. The van der Waals surface area contributed by atoms with Gasteiger partial charge >= 0.3 is 0 Å². The normalized spacial score (nSPS) is 10.7. The third-order valence-corrected chi connectivity index (χ3v) is 3.56. The number of hydrogen-bond acceptors (Lipinski definition) is 3. The zero-order valence-electron chi connectivity index (χ0n) is 12.5. The third kappa shape index (κ3) is 4.33. The Bertz CT molecular complexity index is 699. The van der Waals surface area contributed by atoms with E-state index >= 15 is 0 Å². The van der Waals surface area contributed by atoms with Crippen molar-refractivity contribution in [2.24, 2.45) is 5.10 Å². The molecule has 4 nitrogen and oxygen atoms in total. The van der Waals surface area contributed by atoms with Crippen molar-refractivity contribution in [1.82, 2.24) is 5.43 Å². The van der Waals surface area contributed by atoms with Crippen LogP contribution >= 0.6 is 11.6 Å². The average molecular weight is 317 g/mol. The first kappa shape index (κ1) is 16.0. The van der Waals surface area contributed by atoms with Crippen molar-refractivity contribution in [3.05, 3.63) is 64.2 Å². The van der Waals surface area contributed by atoms with E-state index in [9.17, 15) is 4.79 Å². The fourth-order valence-electron chi connectivity index (χ4n) is 1.81. The molecule has 1 amide bonds. The summed E-state index contributed by atoms with van der Waals surface area (Å²) >= 11 is 5.98. The van der Waals surface area contributed by atoms with Crippen LogP contribution in [0.25, 0.3) is 0 Å². The Morgan fingerprint density at radius 1 is 1.23 bits per heavy atom. The smallest absolute Gasteiger partial charge is 0.277 e. The molecule has 114 valence electrons. The molecule has 22 heavy (non-hydrogen) atoms. The summed E-state index contributed by atoms with van der Waals surface area (Å²) in [5.41, 5.74) is 5.29. The van der Waals surface area contributed by atoms with Crippen LogP contribution in [0.1, 0.15) is 16.7 Å². The molecule has 2 rings (SSSR count). The van der Waals surface area contributed by atoms with Gasteiger partial charge in [0.25, 0.3) is 5.91 Å². The summed E-state index contributed by atoms with van der Waals surface area (Å²) < 4.78 is 5.49. The predicted octanol–water partition coefficient (Wildman–Crippen LogP) is 3.49. The average Bonchev–Trinajstić information content (AvgIpc) is 2.51. The maximum atomic E-state index is 11.7. The highest BCUT2D eigenvalue weighted by Gasteiger charge is 2.05. The van der Waals surface area contributed by atoms with E-state index in [0.717, 1.165) is 16.7 Å². The van der Waals surface area contributed by atoms with Crippen molar-refractivity contribution >= 4 is 23.7 Å². The Balaban J connectivity index is 1.86. The number of aryl methyl sites for hydroxylation is 1.